The van der Waals surface area contributed by atoms with Crippen molar-refractivity contribution in [2.75, 3.05) is 0 Å². The number of ether oxygens (including phenoxy) is 1. The molecule has 1 aromatic heterocycles. The maximum atomic E-state index is 5.91. The minimum absolute atomic E-state index is 0.518. The van der Waals surface area contributed by atoms with E-state index in [2.05, 4.69) is 56.9 Å². The minimum atomic E-state index is 0.518. The highest BCUT2D eigenvalue weighted by atomic mass is 16.5. The topological polar surface area (TPSA) is 25.0 Å². The summed E-state index contributed by atoms with van der Waals surface area (Å²) in [4.78, 5) is 3.56. The van der Waals surface area contributed by atoms with E-state index >= 15 is 0 Å². The van der Waals surface area contributed by atoms with Crippen LogP contribution in [0.15, 0.2) is 24.3 Å². The van der Waals surface area contributed by atoms with Crippen LogP contribution in [-0.2, 0) is 6.61 Å². The molecule has 0 radical (unpaired) electrons. The molecule has 0 aliphatic carbocycles. The van der Waals surface area contributed by atoms with E-state index in [1.807, 2.05) is 0 Å². The van der Waals surface area contributed by atoms with Gasteiger partial charge in [-0.1, -0.05) is 33.8 Å². The summed E-state index contributed by atoms with van der Waals surface area (Å²) >= 11 is 0. The van der Waals surface area contributed by atoms with Crippen molar-refractivity contribution >= 4 is 0 Å². The molecular weight excluding hydrogens is 234 g/mol. The third kappa shape index (κ3) is 2.05. The van der Waals surface area contributed by atoms with Crippen molar-refractivity contribution in [3.05, 3.63) is 41.1 Å². The maximum absolute atomic E-state index is 5.91. The monoisotopic (exact) mass is 255 g/mol. The summed E-state index contributed by atoms with van der Waals surface area (Å²) in [5.41, 5.74) is 6.32. The van der Waals surface area contributed by atoms with Crippen molar-refractivity contribution in [2.24, 2.45) is 0 Å². The van der Waals surface area contributed by atoms with Gasteiger partial charge in [-0.05, 0) is 35.6 Å². The molecule has 19 heavy (non-hydrogen) atoms. The molecule has 2 aromatic rings. The lowest BCUT2D eigenvalue weighted by atomic mass is 9.97. The Bertz CT molecular complexity index is 608. The van der Waals surface area contributed by atoms with Gasteiger partial charge in [0.15, 0.2) is 0 Å². The van der Waals surface area contributed by atoms with Crippen molar-refractivity contribution in [1.29, 1.82) is 0 Å². The van der Waals surface area contributed by atoms with Crippen molar-refractivity contribution < 1.29 is 4.74 Å². The van der Waals surface area contributed by atoms with Crippen molar-refractivity contribution in [2.45, 2.75) is 46.1 Å². The van der Waals surface area contributed by atoms with Crippen LogP contribution in [0.25, 0.3) is 11.3 Å². The summed E-state index contributed by atoms with van der Waals surface area (Å²) in [5, 5.41) is 0. The van der Waals surface area contributed by atoms with Gasteiger partial charge >= 0.3 is 0 Å². The standard InChI is InChI=1S/C17H21NO/c1-10(2)12-5-6-14-16(8-12)19-9-13-7-15(11(3)4)18-17(13)14/h5-8,10-11,18H,9H2,1-4H3. The second-order valence-corrected chi connectivity index (χ2v) is 5.98. The van der Waals surface area contributed by atoms with E-state index in [0.29, 0.717) is 18.4 Å². The Hall–Kier alpha value is -1.70. The predicted molar refractivity (Wildman–Crippen MR) is 78.7 cm³/mol. The molecule has 0 saturated carbocycles. The van der Waals surface area contributed by atoms with E-state index in [-0.39, 0.29) is 0 Å². The van der Waals surface area contributed by atoms with Crippen LogP contribution in [0.4, 0.5) is 0 Å². The van der Waals surface area contributed by atoms with Crippen LogP contribution in [0, 0.1) is 0 Å². The van der Waals surface area contributed by atoms with Crippen LogP contribution in [0.2, 0.25) is 0 Å². The van der Waals surface area contributed by atoms with Crippen molar-refractivity contribution in [3.63, 3.8) is 0 Å². The van der Waals surface area contributed by atoms with Gasteiger partial charge in [0.1, 0.15) is 12.4 Å². The van der Waals surface area contributed by atoms with E-state index in [4.69, 9.17) is 4.74 Å². The Morgan fingerprint density at radius 1 is 1.05 bits per heavy atom. The van der Waals surface area contributed by atoms with Gasteiger partial charge < -0.3 is 9.72 Å². The fourth-order valence-electron chi connectivity index (χ4n) is 2.57. The smallest absolute Gasteiger partial charge is 0.129 e. The molecule has 1 N–H and O–H groups in total. The van der Waals surface area contributed by atoms with Crippen molar-refractivity contribution in [1.82, 2.24) is 4.98 Å². The average molecular weight is 255 g/mol. The van der Waals surface area contributed by atoms with Crippen LogP contribution in [0.1, 0.15) is 56.4 Å². The molecular formula is C17H21NO. The second kappa shape index (κ2) is 4.44. The van der Waals surface area contributed by atoms with E-state index in [1.165, 1.54) is 28.1 Å². The molecule has 0 saturated heterocycles. The summed E-state index contributed by atoms with van der Waals surface area (Å²) in [6, 6.07) is 8.80. The van der Waals surface area contributed by atoms with E-state index < -0.39 is 0 Å². The van der Waals surface area contributed by atoms with E-state index in [1.54, 1.807) is 0 Å². The van der Waals surface area contributed by atoms with Gasteiger partial charge in [-0.25, -0.2) is 0 Å². The van der Waals surface area contributed by atoms with Gasteiger partial charge in [-0.3, -0.25) is 0 Å². The van der Waals surface area contributed by atoms with E-state index in [9.17, 15) is 0 Å². The molecule has 1 aliphatic heterocycles. The third-order valence-corrected chi connectivity index (χ3v) is 3.87. The Labute approximate surface area is 114 Å². The number of nitrogens with one attached hydrogen (secondary N) is 1. The van der Waals surface area contributed by atoms with E-state index in [0.717, 1.165) is 5.75 Å². The Balaban J connectivity index is 2.08. The molecule has 0 fully saturated rings. The number of aromatic amines is 1. The summed E-state index contributed by atoms with van der Waals surface area (Å²) in [7, 11) is 0. The lowest BCUT2D eigenvalue weighted by molar-refractivity contribution is 0.302. The lowest BCUT2D eigenvalue weighted by Crippen LogP contribution is -2.04. The first-order chi connectivity index (χ1) is 9.06. The second-order valence-electron chi connectivity index (χ2n) is 5.98. The van der Waals surface area contributed by atoms with Gasteiger partial charge in [-0.15, -0.1) is 0 Å². The molecule has 0 spiro atoms. The van der Waals surface area contributed by atoms with Gasteiger partial charge in [0, 0.05) is 16.8 Å². The number of fused-ring (bicyclic) bond motifs is 3. The number of rotatable bonds is 2. The Morgan fingerprint density at radius 3 is 2.53 bits per heavy atom. The normalized spacial score (nSPS) is 13.4. The highest BCUT2D eigenvalue weighted by molar-refractivity contribution is 5.73. The molecule has 1 aromatic carbocycles. The molecule has 2 heterocycles. The van der Waals surface area contributed by atoms with Crippen LogP contribution in [0.3, 0.4) is 0 Å². The summed E-state index contributed by atoms with van der Waals surface area (Å²) < 4.78 is 5.91. The largest absolute Gasteiger partial charge is 0.488 e. The minimum Gasteiger partial charge on any atom is -0.488 e. The number of hydrogen-bond acceptors (Lipinski definition) is 1. The van der Waals surface area contributed by atoms with Gasteiger partial charge in [-0.2, -0.15) is 0 Å². The Morgan fingerprint density at radius 2 is 1.84 bits per heavy atom. The van der Waals surface area contributed by atoms with Crippen LogP contribution in [0.5, 0.6) is 5.75 Å². The molecule has 0 amide bonds. The molecule has 100 valence electrons. The molecule has 3 rings (SSSR count). The molecule has 0 bridgehead atoms. The van der Waals surface area contributed by atoms with Crippen LogP contribution in [-0.4, -0.2) is 4.98 Å². The number of benzene rings is 1. The average Bonchev–Trinajstić information content (AvgIpc) is 2.82. The molecule has 1 aliphatic rings. The molecule has 0 unspecified atom stereocenters. The zero-order valence-corrected chi connectivity index (χ0v) is 12.1. The third-order valence-electron chi connectivity index (χ3n) is 3.87. The fourth-order valence-corrected chi connectivity index (χ4v) is 2.57. The molecule has 0 atom stereocenters. The van der Waals surface area contributed by atoms with Crippen LogP contribution >= 0.6 is 0 Å². The lowest BCUT2D eigenvalue weighted by Gasteiger charge is -2.19. The summed E-state index contributed by atoms with van der Waals surface area (Å²) in [6.45, 7) is 9.51. The maximum Gasteiger partial charge on any atom is 0.129 e. The van der Waals surface area contributed by atoms with Gasteiger partial charge in [0.05, 0.1) is 5.69 Å². The first-order valence-electron chi connectivity index (χ1n) is 7.05. The first-order valence-corrected chi connectivity index (χ1v) is 7.05. The Kier molecular flexibility index (Phi) is 2.89. The van der Waals surface area contributed by atoms with Gasteiger partial charge in [0.25, 0.3) is 0 Å². The predicted octanol–water partition coefficient (Wildman–Crippen LogP) is 4.82. The zero-order valence-electron chi connectivity index (χ0n) is 12.1. The van der Waals surface area contributed by atoms with Crippen LogP contribution < -0.4 is 4.74 Å². The highest BCUT2D eigenvalue weighted by Crippen LogP contribution is 2.39. The molecule has 2 nitrogen and oxygen atoms in total. The summed E-state index contributed by atoms with van der Waals surface area (Å²) in [6.07, 6.45) is 0. The van der Waals surface area contributed by atoms with Gasteiger partial charge in [0.2, 0.25) is 0 Å². The zero-order chi connectivity index (χ0) is 13.6. The SMILES string of the molecule is CC(C)c1ccc2c(c1)OCc1cc(C(C)C)[nH]c1-2. The quantitative estimate of drug-likeness (QED) is 0.817. The first kappa shape index (κ1) is 12.3. The number of hydrogen-bond donors (Lipinski definition) is 1. The fraction of sp³-hybridized carbons (Fsp3) is 0.412. The summed E-state index contributed by atoms with van der Waals surface area (Å²) in [5.74, 6) is 2.06. The van der Waals surface area contributed by atoms with Crippen molar-refractivity contribution in [3.8, 4) is 17.0 Å². The molecule has 2 heteroatoms. The number of aromatic nitrogens is 1. The number of H-pyrrole nitrogens is 1. The highest BCUT2D eigenvalue weighted by Gasteiger charge is 2.21.